The molecule has 0 radical (unpaired) electrons. The molecular weight excluding hydrogens is 322 g/mol. The van der Waals surface area contributed by atoms with Crippen molar-refractivity contribution in [3.8, 4) is 0 Å². The molecular formula is C16H21N7O2. The number of ether oxygens (including phenoxy) is 1. The van der Waals surface area contributed by atoms with Crippen LogP contribution in [0.4, 0.5) is 5.95 Å². The molecule has 4 aliphatic rings. The van der Waals surface area contributed by atoms with Gasteiger partial charge >= 0.3 is 0 Å². The second kappa shape index (κ2) is 4.89. The highest BCUT2D eigenvalue weighted by Gasteiger charge is 2.56. The zero-order valence-corrected chi connectivity index (χ0v) is 14.4. The Morgan fingerprint density at radius 3 is 2.92 bits per heavy atom. The van der Waals surface area contributed by atoms with E-state index in [-0.39, 0.29) is 4.65 Å². The number of hydrogen-bond donors (Lipinski definition) is 1. The molecule has 3 saturated heterocycles. The van der Waals surface area contributed by atoms with Crippen molar-refractivity contribution < 1.29 is 9.38 Å². The third kappa shape index (κ3) is 2.22. The lowest BCUT2D eigenvalue weighted by Gasteiger charge is -2.58. The number of rotatable bonds is 1. The summed E-state index contributed by atoms with van der Waals surface area (Å²) < 4.78 is 7.77. The Hall–Kier alpha value is -2.26. The first-order valence-electron chi connectivity index (χ1n) is 8.73. The predicted molar refractivity (Wildman–Crippen MR) is 90.9 cm³/mol. The topological polar surface area (TPSA) is 99.8 Å². The third-order valence-corrected chi connectivity index (χ3v) is 5.93. The van der Waals surface area contributed by atoms with E-state index >= 15 is 0 Å². The second-order valence-corrected chi connectivity index (χ2v) is 7.49. The molecule has 1 N–H and O–H groups in total. The Morgan fingerprint density at radius 2 is 2.16 bits per heavy atom. The Labute approximate surface area is 144 Å². The van der Waals surface area contributed by atoms with Gasteiger partial charge in [0.15, 0.2) is 11.2 Å². The van der Waals surface area contributed by atoms with Crippen molar-refractivity contribution >= 4 is 17.6 Å². The van der Waals surface area contributed by atoms with Crippen LogP contribution >= 0.6 is 0 Å². The highest BCUT2D eigenvalue weighted by Crippen LogP contribution is 2.44. The molecule has 132 valence electrons. The molecule has 0 aromatic carbocycles. The maximum atomic E-state index is 12.7. The van der Waals surface area contributed by atoms with Gasteiger partial charge in [0.05, 0.1) is 37.2 Å². The first-order valence-corrected chi connectivity index (χ1v) is 8.73. The monoisotopic (exact) mass is 343 g/mol. The number of anilines is 1. The van der Waals surface area contributed by atoms with Gasteiger partial charge in [-0.1, -0.05) is 0 Å². The van der Waals surface area contributed by atoms with Crippen LogP contribution in [0.5, 0.6) is 0 Å². The maximum Gasteiger partial charge on any atom is 0.292 e. The van der Waals surface area contributed by atoms with Crippen molar-refractivity contribution in [2.45, 2.75) is 32.3 Å². The minimum atomic E-state index is -0.451. The van der Waals surface area contributed by atoms with Crippen LogP contribution in [0.3, 0.4) is 0 Å². The fourth-order valence-electron chi connectivity index (χ4n) is 4.37. The smallest absolute Gasteiger partial charge is 0.292 e. The van der Waals surface area contributed by atoms with Gasteiger partial charge in [-0.3, -0.25) is 10.3 Å². The molecule has 4 aliphatic heterocycles. The van der Waals surface area contributed by atoms with E-state index in [1.54, 1.807) is 10.7 Å². The standard InChI is InChI=1S/C16H21N7O2/c1-10-11(2)22-13(7-17-10)19-14(21-22)20-15-18-8-16(25-15)9-23(24)5-3-12(16)4-6-23/h7,12H,3-6,8-9H2,1-2H3,(H,18,20,21). The average Bonchev–Trinajstić information content (AvgIpc) is 3.16. The fraction of sp³-hybridized carbons (Fsp3) is 0.625. The molecule has 0 aliphatic carbocycles. The number of hydrogen-bond acceptors (Lipinski definition) is 7. The predicted octanol–water partition coefficient (Wildman–Crippen LogP) is 1.02. The molecule has 6 heterocycles. The molecule has 1 atom stereocenters. The number of nitrogens with one attached hydrogen (secondary N) is 1. The second-order valence-electron chi connectivity index (χ2n) is 7.49. The summed E-state index contributed by atoms with van der Waals surface area (Å²) in [5, 5.41) is 20.2. The third-order valence-electron chi connectivity index (χ3n) is 5.93. The molecule has 1 spiro atoms. The van der Waals surface area contributed by atoms with Crippen molar-refractivity contribution in [3.63, 3.8) is 0 Å². The molecule has 2 bridgehead atoms. The van der Waals surface area contributed by atoms with Crippen LogP contribution < -0.4 is 5.32 Å². The number of nitrogens with zero attached hydrogens (tertiary/aromatic N) is 6. The van der Waals surface area contributed by atoms with Gasteiger partial charge in [-0.2, -0.15) is 4.98 Å². The van der Waals surface area contributed by atoms with Crippen LogP contribution in [-0.2, 0) is 4.74 Å². The Kier molecular flexibility index (Phi) is 2.94. The van der Waals surface area contributed by atoms with Crippen molar-refractivity contribution in [2.24, 2.45) is 10.9 Å². The molecule has 2 aromatic rings. The number of aryl methyl sites for hydroxylation is 2. The van der Waals surface area contributed by atoms with Crippen molar-refractivity contribution in [2.75, 3.05) is 31.5 Å². The van der Waals surface area contributed by atoms with Crippen LogP contribution in [0.2, 0.25) is 0 Å². The Balaban J connectivity index is 1.37. The lowest BCUT2D eigenvalue weighted by molar-refractivity contribution is -0.905. The average molecular weight is 343 g/mol. The molecule has 9 nitrogen and oxygen atoms in total. The SMILES string of the molecule is Cc1ncc2nc(NC3=NCC4(C[N+]5([O-])CCC4CC5)O3)nn2c1C. The summed E-state index contributed by atoms with van der Waals surface area (Å²) >= 11 is 0. The van der Waals surface area contributed by atoms with E-state index < -0.39 is 5.60 Å². The number of hydroxylamine groups is 3. The quantitative estimate of drug-likeness (QED) is 0.613. The van der Waals surface area contributed by atoms with Crippen LogP contribution in [-0.4, -0.2) is 62.0 Å². The molecule has 0 saturated carbocycles. The van der Waals surface area contributed by atoms with Crippen LogP contribution in [0.1, 0.15) is 24.2 Å². The summed E-state index contributed by atoms with van der Waals surface area (Å²) in [6.07, 6.45) is 3.53. The van der Waals surface area contributed by atoms with E-state index in [1.807, 2.05) is 13.8 Å². The summed E-state index contributed by atoms with van der Waals surface area (Å²) in [6.45, 7) is 6.34. The maximum absolute atomic E-state index is 12.7. The fourth-order valence-corrected chi connectivity index (χ4v) is 4.37. The number of piperidine rings is 3. The van der Waals surface area contributed by atoms with Gasteiger partial charge in [0.1, 0.15) is 6.54 Å². The number of fused-ring (bicyclic) bond motifs is 3. The Morgan fingerprint density at radius 1 is 1.36 bits per heavy atom. The summed E-state index contributed by atoms with van der Waals surface area (Å²) in [4.78, 5) is 13.2. The molecule has 6 rings (SSSR count). The van der Waals surface area contributed by atoms with Crippen molar-refractivity contribution in [1.82, 2.24) is 19.6 Å². The molecule has 3 fully saturated rings. The Bertz CT molecular complexity index is 884. The molecule has 1 unspecified atom stereocenters. The highest BCUT2D eigenvalue weighted by atomic mass is 16.6. The zero-order chi connectivity index (χ0) is 17.2. The molecule has 25 heavy (non-hydrogen) atoms. The number of aliphatic imine (C=N–C) groups is 1. The van der Waals surface area contributed by atoms with E-state index in [0.29, 0.717) is 49.7 Å². The van der Waals surface area contributed by atoms with Crippen molar-refractivity contribution in [1.29, 1.82) is 0 Å². The van der Waals surface area contributed by atoms with E-state index in [1.165, 1.54) is 0 Å². The summed E-state index contributed by atoms with van der Waals surface area (Å²) in [5.74, 6) is 0.839. The van der Waals surface area contributed by atoms with Gasteiger partial charge in [-0.15, -0.1) is 5.10 Å². The van der Waals surface area contributed by atoms with Crippen LogP contribution in [0.25, 0.3) is 5.65 Å². The lowest BCUT2D eigenvalue weighted by Crippen LogP contribution is -2.67. The molecule has 9 heteroatoms. The van der Waals surface area contributed by atoms with Gasteiger partial charge < -0.3 is 14.6 Å². The summed E-state index contributed by atoms with van der Waals surface area (Å²) in [5.41, 5.74) is 2.08. The summed E-state index contributed by atoms with van der Waals surface area (Å²) in [6, 6.07) is 0.415. The number of amidine groups is 1. The minimum absolute atomic E-state index is 0.143. The summed E-state index contributed by atoms with van der Waals surface area (Å²) in [7, 11) is 0. The van der Waals surface area contributed by atoms with Crippen LogP contribution in [0.15, 0.2) is 11.2 Å². The highest BCUT2D eigenvalue weighted by molar-refractivity contribution is 5.88. The van der Waals surface area contributed by atoms with Gasteiger partial charge in [0.25, 0.3) is 12.0 Å². The number of aromatic nitrogens is 4. The lowest BCUT2D eigenvalue weighted by atomic mass is 9.75. The minimum Gasteiger partial charge on any atom is -0.633 e. The normalized spacial score (nSPS) is 33.7. The van der Waals surface area contributed by atoms with Crippen LogP contribution in [0, 0.1) is 25.0 Å². The molecule has 2 aromatic heterocycles. The first-order chi connectivity index (χ1) is 12.0. The number of quaternary nitrogens is 1. The zero-order valence-electron chi connectivity index (χ0n) is 14.4. The van der Waals surface area contributed by atoms with E-state index in [9.17, 15) is 5.21 Å². The van der Waals surface area contributed by atoms with Crippen molar-refractivity contribution in [3.05, 3.63) is 22.8 Å². The first kappa shape index (κ1) is 15.0. The van der Waals surface area contributed by atoms with Gasteiger partial charge in [-0.25, -0.2) is 9.51 Å². The van der Waals surface area contributed by atoms with Gasteiger partial charge in [0, 0.05) is 18.8 Å². The largest absolute Gasteiger partial charge is 0.633 e. The van der Waals surface area contributed by atoms with E-state index in [4.69, 9.17) is 4.74 Å². The van der Waals surface area contributed by atoms with Gasteiger partial charge in [-0.05, 0) is 13.8 Å². The van der Waals surface area contributed by atoms with E-state index in [2.05, 4.69) is 25.4 Å². The van der Waals surface area contributed by atoms with Gasteiger partial charge in [0.2, 0.25) is 0 Å². The molecule has 0 amide bonds. The van der Waals surface area contributed by atoms with E-state index in [0.717, 1.165) is 24.2 Å².